The van der Waals surface area contributed by atoms with E-state index in [2.05, 4.69) is 10.6 Å². The van der Waals surface area contributed by atoms with Crippen LogP contribution in [0.5, 0.6) is 0 Å². The monoisotopic (exact) mass is 742 g/mol. The van der Waals surface area contributed by atoms with Gasteiger partial charge in [0.25, 0.3) is 0 Å². The smallest absolute Gasteiger partial charge is 0.420 e. The summed E-state index contributed by atoms with van der Waals surface area (Å²) in [6.45, 7) is 16.6. The van der Waals surface area contributed by atoms with Gasteiger partial charge in [0, 0.05) is 26.2 Å². The average molecular weight is 743 g/mol. The summed E-state index contributed by atoms with van der Waals surface area (Å²) >= 11 is 0. The number of carbonyl (C=O) groups is 5. The number of rotatable bonds is 16. The Labute approximate surface area is 313 Å². The predicted molar refractivity (Wildman–Crippen MR) is 199 cm³/mol. The molecule has 53 heavy (non-hydrogen) atoms. The first kappa shape index (κ1) is 44.3. The lowest BCUT2D eigenvalue weighted by atomic mass is 10.1. The number of imide groups is 1. The van der Waals surface area contributed by atoms with Gasteiger partial charge in [0.1, 0.15) is 36.1 Å². The molecule has 0 aliphatic carbocycles. The van der Waals surface area contributed by atoms with Crippen LogP contribution in [0.2, 0.25) is 0 Å². The SMILES string of the molecule is CC(C)(C)OC(=O)[C@H](CCCN(CCNC(=O)OCc1ccccc1)CCNC(=O)OCc1ccccc1)N(C(=O)OC(C)(C)C)C(=O)OC(C)(C)C. The van der Waals surface area contributed by atoms with Gasteiger partial charge in [-0.2, -0.15) is 4.90 Å². The van der Waals surface area contributed by atoms with E-state index >= 15 is 0 Å². The summed E-state index contributed by atoms with van der Waals surface area (Å²) in [5, 5.41) is 5.47. The van der Waals surface area contributed by atoms with E-state index < -0.39 is 53.2 Å². The van der Waals surface area contributed by atoms with E-state index in [9.17, 15) is 24.0 Å². The molecule has 14 nitrogen and oxygen atoms in total. The van der Waals surface area contributed by atoms with Crippen LogP contribution in [0.4, 0.5) is 19.2 Å². The Morgan fingerprint density at radius 3 is 1.36 bits per heavy atom. The lowest BCUT2D eigenvalue weighted by molar-refractivity contribution is -0.161. The molecule has 0 spiro atoms. The molecule has 0 aromatic heterocycles. The first-order chi connectivity index (χ1) is 24.7. The maximum Gasteiger partial charge on any atom is 0.420 e. The lowest BCUT2D eigenvalue weighted by Gasteiger charge is -2.34. The third kappa shape index (κ3) is 19.5. The molecule has 0 heterocycles. The van der Waals surface area contributed by atoms with Crippen LogP contribution in [0.25, 0.3) is 0 Å². The minimum atomic E-state index is -1.38. The van der Waals surface area contributed by atoms with Gasteiger partial charge in [-0.25, -0.2) is 24.0 Å². The number of esters is 1. The van der Waals surface area contributed by atoms with Crippen LogP contribution in [0.3, 0.4) is 0 Å². The molecule has 0 aliphatic heterocycles. The molecule has 4 amide bonds. The number of ether oxygens (including phenoxy) is 5. The Bertz CT molecular complexity index is 1360. The van der Waals surface area contributed by atoms with Crippen LogP contribution in [0.1, 0.15) is 86.3 Å². The fraction of sp³-hybridized carbons (Fsp3) is 0.564. The summed E-state index contributed by atoms with van der Waals surface area (Å²) in [5.74, 6) is -0.800. The van der Waals surface area contributed by atoms with Crippen molar-refractivity contribution in [2.24, 2.45) is 0 Å². The van der Waals surface area contributed by atoms with E-state index in [1.165, 1.54) is 0 Å². The second kappa shape index (κ2) is 21.0. The van der Waals surface area contributed by atoms with Gasteiger partial charge in [-0.3, -0.25) is 4.90 Å². The van der Waals surface area contributed by atoms with Crippen molar-refractivity contribution in [3.8, 4) is 0 Å². The zero-order valence-corrected chi connectivity index (χ0v) is 32.7. The lowest BCUT2D eigenvalue weighted by Crippen LogP contribution is -2.53. The summed E-state index contributed by atoms with van der Waals surface area (Å²) in [4.78, 5) is 68.0. The van der Waals surface area contributed by atoms with Crippen molar-refractivity contribution in [2.45, 2.75) is 111 Å². The van der Waals surface area contributed by atoms with E-state index in [1.54, 1.807) is 62.3 Å². The highest BCUT2D eigenvalue weighted by Crippen LogP contribution is 2.22. The summed E-state index contributed by atoms with van der Waals surface area (Å²) in [5.41, 5.74) is -1.17. The van der Waals surface area contributed by atoms with Crippen molar-refractivity contribution < 1.29 is 47.7 Å². The quantitative estimate of drug-likeness (QED) is 0.137. The third-order valence-corrected chi connectivity index (χ3v) is 6.94. The molecule has 14 heteroatoms. The van der Waals surface area contributed by atoms with E-state index in [-0.39, 0.29) is 32.7 Å². The Morgan fingerprint density at radius 2 is 0.981 bits per heavy atom. The van der Waals surface area contributed by atoms with Gasteiger partial charge in [0.05, 0.1) is 0 Å². The van der Waals surface area contributed by atoms with Gasteiger partial charge in [-0.05, 0) is 92.8 Å². The van der Waals surface area contributed by atoms with Crippen LogP contribution in [0.15, 0.2) is 60.7 Å². The molecule has 2 aromatic carbocycles. The van der Waals surface area contributed by atoms with E-state index in [4.69, 9.17) is 23.7 Å². The molecule has 0 aliphatic rings. The Hall–Kier alpha value is -4.85. The predicted octanol–water partition coefficient (Wildman–Crippen LogP) is 6.80. The van der Waals surface area contributed by atoms with Crippen LogP contribution >= 0.6 is 0 Å². The van der Waals surface area contributed by atoms with Gasteiger partial charge in [-0.15, -0.1) is 0 Å². The number of alkyl carbamates (subject to hydrolysis) is 2. The molecular formula is C39H58N4O10. The van der Waals surface area contributed by atoms with Crippen molar-refractivity contribution in [1.82, 2.24) is 20.4 Å². The molecule has 0 radical (unpaired) electrons. The summed E-state index contributed by atoms with van der Waals surface area (Å²) in [7, 11) is 0. The van der Waals surface area contributed by atoms with Crippen molar-refractivity contribution in [2.75, 3.05) is 32.7 Å². The van der Waals surface area contributed by atoms with Crippen LogP contribution < -0.4 is 10.6 Å². The van der Waals surface area contributed by atoms with Gasteiger partial charge < -0.3 is 34.3 Å². The topological polar surface area (TPSA) is 162 Å². The zero-order chi connectivity index (χ0) is 39.7. The summed E-state index contributed by atoms with van der Waals surface area (Å²) in [6, 6.07) is 17.2. The number of amides is 4. The van der Waals surface area contributed by atoms with Crippen molar-refractivity contribution in [3.63, 3.8) is 0 Å². The highest BCUT2D eigenvalue weighted by molar-refractivity contribution is 5.94. The van der Waals surface area contributed by atoms with E-state index in [1.807, 2.05) is 65.6 Å². The summed E-state index contributed by atoms with van der Waals surface area (Å²) in [6.07, 6.45) is -2.98. The fourth-order valence-electron chi connectivity index (χ4n) is 4.70. The number of carbonyl (C=O) groups excluding carboxylic acids is 5. The summed E-state index contributed by atoms with van der Waals surface area (Å²) < 4.78 is 27.4. The highest BCUT2D eigenvalue weighted by Gasteiger charge is 2.42. The molecule has 0 saturated heterocycles. The average Bonchev–Trinajstić information content (AvgIpc) is 3.04. The first-order valence-corrected chi connectivity index (χ1v) is 17.8. The largest absolute Gasteiger partial charge is 0.458 e. The molecule has 0 fully saturated rings. The Morgan fingerprint density at radius 1 is 0.585 bits per heavy atom. The third-order valence-electron chi connectivity index (χ3n) is 6.94. The van der Waals surface area contributed by atoms with Crippen LogP contribution in [-0.4, -0.2) is 95.7 Å². The Balaban J connectivity index is 2.17. The standard InChI is InChI=1S/C39H58N4O10/c1-37(2,3)51-32(44)31(43(35(47)52-38(4,5)6)36(48)53-39(7,8)9)21-16-24-42(25-22-40-33(45)49-27-29-17-12-10-13-18-29)26-23-41-34(46)50-28-30-19-14-11-15-20-30/h10-15,17-20,31H,16,21-28H2,1-9H3,(H,40,45)(H,41,46)/t31-/m0/s1. The first-order valence-electron chi connectivity index (χ1n) is 17.8. The minimum absolute atomic E-state index is 0.00297. The maximum atomic E-state index is 13.6. The number of benzene rings is 2. The molecule has 2 aromatic rings. The normalized spacial score (nSPS) is 12.3. The van der Waals surface area contributed by atoms with Gasteiger partial charge >= 0.3 is 30.3 Å². The molecule has 2 N–H and O–H groups in total. The van der Waals surface area contributed by atoms with Crippen molar-refractivity contribution in [1.29, 1.82) is 0 Å². The minimum Gasteiger partial charge on any atom is -0.458 e. The van der Waals surface area contributed by atoms with E-state index in [0.29, 0.717) is 31.0 Å². The number of hydrogen-bond donors (Lipinski definition) is 2. The molecule has 1 atom stereocenters. The van der Waals surface area contributed by atoms with Crippen LogP contribution in [0, 0.1) is 0 Å². The van der Waals surface area contributed by atoms with Crippen LogP contribution in [-0.2, 0) is 41.7 Å². The van der Waals surface area contributed by atoms with Gasteiger partial charge in [0.15, 0.2) is 0 Å². The van der Waals surface area contributed by atoms with Crippen molar-refractivity contribution in [3.05, 3.63) is 71.8 Å². The molecule has 0 unspecified atom stereocenters. The van der Waals surface area contributed by atoms with E-state index in [0.717, 1.165) is 11.1 Å². The maximum absolute atomic E-state index is 13.6. The number of hydrogen-bond acceptors (Lipinski definition) is 11. The molecular weight excluding hydrogens is 684 g/mol. The molecule has 2 rings (SSSR count). The fourth-order valence-corrected chi connectivity index (χ4v) is 4.70. The molecule has 0 bridgehead atoms. The molecule has 294 valence electrons. The Kier molecular flexibility index (Phi) is 17.6. The highest BCUT2D eigenvalue weighted by atomic mass is 16.6. The van der Waals surface area contributed by atoms with Gasteiger partial charge in [-0.1, -0.05) is 60.7 Å². The second-order valence-electron chi connectivity index (χ2n) is 15.3. The zero-order valence-electron chi connectivity index (χ0n) is 32.7. The second-order valence-corrected chi connectivity index (χ2v) is 15.3. The van der Waals surface area contributed by atoms with Crippen molar-refractivity contribution >= 4 is 30.3 Å². The number of nitrogens with zero attached hydrogens (tertiary/aromatic N) is 2. The number of nitrogens with one attached hydrogen (secondary N) is 2. The van der Waals surface area contributed by atoms with Gasteiger partial charge in [0.2, 0.25) is 0 Å². The molecule has 0 saturated carbocycles.